The Kier molecular flexibility index (Phi) is 10.6. The number of rotatable bonds is 12. The van der Waals surface area contributed by atoms with Crippen LogP contribution < -0.4 is 9.47 Å². The average molecular weight is 502 g/mol. The molecule has 0 saturated heterocycles. The summed E-state index contributed by atoms with van der Waals surface area (Å²) >= 11 is 0. The number of halogens is 1. The van der Waals surface area contributed by atoms with Gasteiger partial charge in [0.15, 0.2) is 17.2 Å². The summed E-state index contributed by atoms with van der Waals surface area (Å²) in [4.78, 5) is 41.6. The summed E-state index contributed by atoms with van der Waals surface area (Å²) in [6.45, 7) is 10.7. The Morgan fingerprint density at radius 3 is 2.31 bits per heavy atom. The Bertz CT molecular complexity index is 1080. The molecule has 0 fully saturated rings. The van der Waals surface area contributed by atoms with E-state index in [-0.39, 0.29) is 41.3 Å². The number of ether oxygens (including phenoxy) is 3. The van der Waals surface area contributed by atoms with Gasteiger partial charge in [0.2, 0.25) is 5.75 Å². The highest BCUT2D eigenvalue weighted by Crippen LogP contribution is 2.37. The molecule has 1 aromatic heterocycles. The highest BCUT2D eigenvalue weighted by Gasteiger charge is 2.32. The summed E-state index contributed by atoms with van der Waals surface area (Å²) in [7, 11) is 1.39. The van der Waals surface area contributed by atoms with E-state index in [1.165, 1.54) is 38.4 Å². The second kappa shape index (κ2) is 13.1. The number of hydrogen-bond acceptors (Lipinski definition) is 7. The Morgan fingerprint density at radius 2 is 1.75 bits per heavy atom. The zero-order chi connectivity index (χ0) is 27.0. The Labute approximate surface area is 212 Å². The minimum absolute atomic E-state index is 0.0768. The lowest BCUT2D eigenvalue weighted by Gasteiger charge is -2.32. The third kappa shape index (κ3) is 7.12. The largest absolute Gasteiger partial charge is 0.493 e. The number of aromatic nitrogens is 1. The standard InChI is InChI=1S/C28H36FNO6/c1-8-20(9-2)25(22-11-10-21(29)14-16(22)3)18(5)35-28(33)17(4)15-23(32)26-27(36-19(6)31)24(34-7)12-13-30-26/h10-14,17-18,20,25H,8-9,15H2,1-7H3/t17-,18+,25+/m1/s1. The average Bonchev–Trinajstić information content (AvgIpc) is 2.82. The van der Waals surface area contributed by atoms with Crippen LogP contribution in [0.15, 0.2) is 30.5 Å². The molecule has 0 aliphatic carbocycles. The summed E-state index contributed by atoms with van der Waals surface area (Å²) in [5.41, 5.74) is 1.66. The highest BCUT2D eigenvalue weighted by molar-refractivity contribution is 5.99. The first-order chi connectivity index (χ1) is 17.0. The molecule has 0 aliphatic rings. The SMILES string of the molecule is CCC(CC)[C@@H](c1ccc(F)cc1C)[C@H](C)OC(=O)[C@H](C)CC(=O)c1nccc(OC)c1OC(C)=O. The third-order valence-electron chi connectivity index (χ3n) is 6.45. The fourth-order valence-corrected chi connectivity index (χ4v) is 4.56. The van der Waals surface area contributed by atoms with Gasteiger partial charge in [-0.1, -0.05) is 39.7 Å². The maximum Gasteiger partial charge on any atom is 0.309 e. The highest BCUT2D eigenvalue weighted by atomic mass is 19.1. The predicted octanol–water partition coefficient (Wildman–Crippen LogP) is 5.82. The van der Waals surface area contributed by atoms with Crippen LogP contribution >= 0.6 is 0 Å². The van der Waals surface area contributed by atoms with Crippen molar-refractivity contribution in [2.75, 3.05) is 7.11 Å². The van der Waals surface area contributed by atoms with E-state index >= 15 is 0 Å². The number of Topliss-reactive ketones (excluding diaryl/α,β-unsaturated/α-hetero) is 1. The lowest BCUT2D eigenvalue weighted by atomic mass is 9.78. The Hall–Kier alpha value is -3.29. The molecule has 0 saturated carbocycles. The number of benzene rings is 1. The van der Waals surface area contributed by atoms with Crippen molar-refractivity contribution in [1.29, 1.82) is 0 Å². The number of nitrogens with zero attached hydrogens (tertiary/aromatic N) is 1. The second-order valence-corrected chi connectivity index (χ2v) is 9.06. The first kappa shape index (κ1) is 28.9. The first-order valence-electron chi connectivity index (χ1n) is 12.2. The van der Waals surface area contributed by atoms with Crippen molar-refractivity contribution < 1.29 is 33.0 Å². The molecule has 0 spiro atoms. The lowest BCUT2D eigenvalue weighted by molar-refractivity contribution is -0.154. The van der Waals surface area contributed by atoms with Crippen LogP contribution in [0.5, 0.6) is 11.5 Å². The van der Waals surface area contributed by atoms with Crippen LogP contribution in [-0.2, 0) is 14.3 Å². The smallest absolute Gasteiger partial charge is 0.309 e. The van der Waals surface area contributed by atoms with Crippen LogP contribution in [-0.4, -0.2) is 35.9 Å². The maximum absolute atomic E-state index is 13.7. The van der Waals surface area contributed by atoms with E-state index in [0.29, 0.717) is 0 Å². The fourth-order valence-electron chi connectivity index (χ4n) is 4.56. The van der Waals surface area contributed by atoms with Gasteiger partial charge in [-0.3, -0.25) is 14.4 Å². The second-order valence-electron chi connectivity index (χ2n) is 9.06. The van der Waals surface area contributed by atoms with Crippen molar-refractivity contribution in [2.24, 2.45) is 11.8 Å². The van der Waals surface area contributed by atoms with Crippen LogP contribution in [0, 0.1) is 24.6 Å². The molecular formula is C28H36FNO6. The Balaban J connectivity index is 2.22. The molecule has 8 heteroatoms. The van der Waals surface area contributed by atoms with Crippen molar-refractivity contribution >= 4 is 17.7 Å². The van der Waals surface area contributed by atoms with Crippen LogP contribution in [0.4, 0.5) is 4.39 Å². The van der Waals surface area contributed by atoms with Crippen molar-refractivity contribution in [3.05, 3.63) is 53.1 Å². The summed E-state index contributed by atoms with van der Waals surface area (Å²) in [6.07, 6.45) is 2.43. The van der Waals surface area contributed by atoms with Crippen molar-refractivity contribution in [3.8, 4) is 11.5 Å². The summed E-state index contributed by atoms with van der Waals surface area (Å²) in [5, 5.41) is 0. The maximum atomic E-state index is 13.7. The third-order valence-corrected chi connectivity index (χ3v) is 6.45. The molecule has 0 unspecified atom stereocenters. The van der Waals surface area contributed by atoms with Crippen molar-refractivity contribution in [1.82, 2.24) is 4.98 Å². The molecule has 1 heterocycles. The molecule has 36 heavy (non-hydrogen) atoms. The predicted molar refractivity (Wildman–Crippen MR) is 134 cm³/mol. The summed E-state index contributed by atoms with van der Waals surface area (Å²) in [5.74, 6) is -2.49. The number of methoxy groups -OCH3 is 1. The van der Waals surface area contributed by atoms with Gasteiger partial charge in [0.1, 0.15) is 11.9 Å². The molecule has 2 aromatic rings. The Morgan fingerprint density at radius 1 is 1.08 bits per heavy atom. The number of carbonyl (C=O) groups is 3. The molecule has 1 aromatic carbocycles. The molecule has 0 aliphatic heterocycles. The van der Waals surface area contributed by atoms with E-state index in [1.54, 1.807) is 13.0 Å². The van der Waals surface area contributed by atoms with Gasteiger partial charge in [-0.15, -0.1) is 0 Å². The summed E-state index contributed by atoms with van der Waals surface area (Å²) < 4.78 is 29.9. The molecule has 196 valence electrons. The monoisotopic (exact) mass is 501 g/mol. The molecule has 0 amide bonds. The fraction of sp³-hybridized carbons (Fsp3) is 0.500. The van der Waals surface area contributed by atoms with E-state index in [0.717, 1.165) is 24.0 Å². The van der Waals surface area contributed by atoms with Crippen LogP contribution in [0.1, 0.15) is 81.4 Å². The van der Waals surface area contributed by atoms with Crippen LogP contribution in [0.25, 0.3) is 0 Å². The number of ketones is 1. The molecule has 0 bridgehead atoms. The van der Waals surface area contributed by atoms with Crippen molar-refractivity contribution in [3.63, 3.8) is 0 Å². The quantitative estimate of drug-likeness (QED) is 0.267. The number of pyridine rings is 1. The van der Waals surface area contributed by atoms with E-state index in [4.69, 9.17) is 14.2 Å². The molecular weight excluding hydrogens is 465 g/mol. The summed E-state index contributed by atoms with van der Waals surface area (Å²) in [6, 6.07) is 6.15. The van der Waals surface area contributed by atoms with Gasteiger partial charge >= 0.3 is 11.9 Å². The van der Waals surface area contributed by atoms with Crippen LogP contribution in [0.3, 0.4) is 0 Å². The number of carbonyl (C=O) groups excluding carboxylic acids is 3. The molecule has 7 nitrogen and oxygen atoms in total. The van der Waals surface area contributed by atoms with Gasteiger partial charge in [0, 0.05) is 31.5 Å². The number of hydrogen-bond donors (Lipinski definition) is 0. The minimum Gasteiger partial charge on any atom is -0.493 e. The number of esters is 2. The first-order valence-corrected chi connectivity index (χ1v) is 12.2. The van der Waals surface area contributed by atoms with Gasteiger partial charge in [-0.05, 0) is 43.0 Å². The molecule has 0 radical (unpaired) electrons. The minimum atomic E-state index is -0.769. The van der Waals surface area contributed by atoms with E-state index in [1.807, 2.05) is 13.8 Å². The van der Waals surface area contributed by atoms with Crippen molar-refractivity contribution in [2.45, 2.75) is 72.8 Å². The van der Waals surface area contributed by atoms with Gasteiger partial charge < -0.3 is 14.2 Å². The zero-order valence-electron chi connectivity index (χ0n) is 22.1. The van der Waals surface area contributed by atoms with E-state index in [2.05, 4.69) is 18.8 Å². The number of aryl methyl sites for hydroxylation is 1. The van der Waals surface area contributed by atoms with Gasteiger partial charge in [0.25, 0.3) is 0 Å². The zero-order valence-corrected chi connectivity index (χ0v) is 22.1. The van der Waals surface area contributed by atoms with Gasteiger partial charge in [-0.2, -0.15) is 0 Å². The topological polar surface area (TPSA) is 91.8 Å². The molecule has 0 N–H and O–H groups in total. The van der Waals surface area contributed by atoms with Gasteiger partial charge in [-0.25, -0.2) is 9.37 Å². The van der Waals surface area contributed by atoms with E-state index in [9.17, 15) is 18.8 Å². The molecule has 2 rings (SSSR count). The normalized spacial score (nSPS) is 13.6. The van der Waals surface area contributed by atoms with Gasteiger partial charge in [0.05, 0.1) is 13.0 Å². The van der Waals surface area contributed by atoms with Crippen LogP contribution in [0.2, 0.25) is 0 Å². The molecule has 3 atom stereocenters. The lowest BCUT2D eigenvalue weighted by Crippen LogP contribution is -2.31. The van der Waals surface area contributed by atoms with E-state index < -0.39 is 29.7 Å².